The van der Waals surface area contributed by atoms with Gasteiger partial charge in [-0.05, 0) is 99.9 Å². The van der Waals surface area contributed by atoms with E-state index in [1.54, 1.807) is 0 Å². The predicted molar refractivity (Wildman–Crippen MR) is 257 cm³/mol. The average molecular weight is 779 g/mol. The number of rotatable bonds is 7. The van der Waals surface area contributed by atoms with Crippen LogP contribution >= 0.6 is 0 Å². The van der Waals surface area contributed by atoms with E-state index in [2.05, 4.69) is 240 Å². The number of fused-ring (bicyclic) bond motifs is 8. The van der Waals surface area contributed by atoms with Crippen molar-refractivity contribution in [2.75, 3.05) is 4.90 Å². The van der Waals surface area contributed by atoms with E-state index in [4.69, 9.17) is 4.42 Å². The van der Waals surface area contributed by atoms with Gasteiger partial charge in [0, 0.05) is 55.2 Å². The largest absolute Gasteiger partial charge is 0.455 e. The van der Waals surface area contributed by atoms with Crippen molar-refractivity contribution in [1.29, 1.82) is 0 Å². The first kappa shape index (κ1) is 34.9. The van der Waals surface area contributed by atoms with Crippen molar-refractivity contribution in [1.82, 2.24) is 4.57 Å². The quantitative estimate of drug-likeness (QED) is 0.161. The van der Waals surface area contributed by atoms with E-state index in [1.807, 2.05) is 0 Å². The minimum atomic E-state index is 0.896. The Morgan fingerprint density at radius 2 is 0.885 bits per heavy atom. The zero-order valence-electron chi connectivity index (χ0n) is 33.2. The van der Waals surface area contributed by atoms with Gasteiger partial charge in [-0.3, -0.25) is 0 Å². The van der Waals surface area contributed by atoms with Gasteiger partial charge >= 0.3 is 0 Å². The van der Waals surface area contributed by atoms with Crippen LogP contribution < -0.4 is 4.90 Å². The van der Waals surface area contributed by atoms with Crippen molar-refractivity contribution in [2.45, 2.75) is 0 Å². The molecule has 0 radical (unpaired) electrons. The van der Waals surface area contributed by atoms with E-state index < -0.39 is 0 Å². The molecule has 0 aliphatic carbocycles. The molecule has 0 fully saturated rings. The highest BCUT2D eigenvalue weighted by atomic mass is 16.3. The Morgan fingerprint density at radius 1 is 0.344 bits per heavy atom. The van der Waals surface area contributed by atoms with E-state index >= 15 is 0 Å². The van der Waals surface area contributed by atoms with Gasteiger partial charge in [0.2, 0.25) is 0 Å². The molecule has 286 valence electrons. The highest BCUT2D eigenvalue weighted by Crippen LogP contribution is 2.43. The maximum Gasteiger partial charge on any atom is 0.143 e. The highest BCUT2D eigenvalue weighted by Gasteiger charge is 2.19. The summed E-state index contributed by atoms with van der Waals surface area (Å²) in [5, 5.41) is 7.08. The topological polar surface area (TPSA) is 21.3 Å². The van der Waals surface area contributed by atoms with E-state index in [-0.39, 0.29) is 0 Å². The molecule has 61 heavy (non-hydrogen) atoms. The molecule has 12 aromatic rings. The Labute approximate surface area is 353 Å². The van der Waals surface area contributed by atoms with Gasteiger partial charge in [0.25, 0.3) is 0 Å². The van der Waals surface area contributed by atoms with E-state index in [9.17, 15) is 0 Å². The van der Waals surface area contributed by atoms with Crippen molar-refractivity contribution in [3.8, 4) is 39.1 Å². The smallest absolute Gasteiger partial charge is 0.143 e. The summed E-state index contributed by atoms with van der Waals surface area (Å²) in [5.41, 5.74) is 15.7. The molecule has 0 atom stereocenters. The van der Waals surface area contributed by atoms with Gasteiger partial charge in [-0.25, -0.2) is 0 Å². The maximum atomic E-state index is 6.55. The molecule has 0 N–H and O–H groups in total. The number of hydrogen-bond donors (Lipinski definition) is 0. The third-order valence-corrected chi connectivity index (χ3v) is 12.2. The van der Waals surface area contributed by atoms with Crippen molar-refractivity contribution in [3.63, 3.8) is 0 Å². The van der Waals surface area contributed by atoms with Gasteiger partial charge in [-0.15, -0.1) is 0 Å². The van der Waals surface area contributed by atoms with E-state index in [0.29, 0.717) is 0 Å². The highest BCUT2D eigenvalue weighted by molar-refractivity contribution is 6.19. The first-order valence-corrected chi connectivity index (χ1v) is 20.8. The molecule has 2 aromatic heterocycles. The third-order valence-electron chi connectivity index (χ3n) is 12.2. The van der Waals surface area contributed by atoms with Gasteiger partial charge in [-0.2, -0.15) is 0 Å². The summed E-state index contributed by atoms with van der Waals surface area (Å²) in [6.07, 6.45) is 0. The summed E-state index contributed by atoms with van der Waals surface area (Å²) in [6.45, 7) is 0. The van der Waals surface area contributed by atoms with Crippen molar-refractivity contribution in [2.24, 2.45) is 0 Å². The fraction of sp³-hybridized carbons (Fsp3) is 0. The van der Waals surface area contributed by atoms with Crippen LogP contribution in [-0.2, 0) is 0 Å². The zero-order chi connectivity index (χ0) is 40.3. The molecule has 0 saturated carbocycles. The SMILES string of the molecule is c1ccc(-c2ccc(N(c3ccc(-c4cccc5oc6c7ccccc7ccc6c45)cc3)c3ccc(-c4cccc5c6ccccc6n(-c6ccccc6)c45)cc3)cc2)cc1. The Hall–Kier alpha value is -8.14. The third kappa shape index (κ3) is 5.82. The summed E-state index contributed by atoms with van der Waals surface area (Å²) in [4.78, 5) is 2.35. The number of hydrogen-bond acceptors (Lipinski definition) is 2. The molecular weight excluding hydrogens is 741 g/mol. The minimum Gasteiger partial charge on any atom is -0.455 e. The number of nitrogens with zero attached hydrogens (tertiary/aromatic N) is 2. The molecule has 0 bridgehead atoms. The van der Waals surface area contributed by atoms with Gasteiger partial charge in [0.1, 0.15) is 11.2 Å². The lowest BCUT2D eigenvalue weighted by Gasteiger charge is -2.26. The lowest BCUT2D eigenvalue weighted by Crippen LogP contribution is -2.09. The summed E-state index contributed by atoms with van der Waals surface area (Å²) in [5.74, 6) is 0. The van der Waals surface area contributed by atoms with Crippen molar-refractivity contribution in [3.05, 3.63) is 231 Å². The molecule has 0 unspecified atom stereocenters. The molecule has 3 nitrogen and oxygen atoms in total. The zero-order valence-corrected chi connectivity index (χ0v) is 33.2. The van der Waals surface area contributed by atoms with Crippen LogP contribution in [0.4, 0.5) is 17.1 Å². The van der Waals surface area contributed by atoms with Crippen molar-refractivity contribution < 1.29 is 4.42 Å². The molecule has 10 aromatic carbocycles. The fourth-order valence-corrected chi connectivity index (χ4v) is 9.35. The molecule has 12 rings (SSSR count). The Balaban J connectivity index is 0.971. The van der Waals surface area contributed by atoms with Crippen LogP contribution in [0.3, 0.4) is 0 Å². The molecule has 0 aliphatic rings. The number of para-hydroxylation sites is 3. The summed E-state index contributed by atoms with van der Waals surface area (Å²) in [7, 11) is 0. The van der Waals surface area contributed by atoms with Gasteiger partial charge in [0.05, 0.1) is 11.0 Å². The number of benzene rings is 10. The molecule has 0 aliphatic heterocycles. The van der Waals surface area contributed by atoms with Crippen LogP contribution in [0.5, 0.6) is 0 Å². The second-order valence-corrected chi connectivity index (χ2v) is 15.7. The number of furan rings is 1. The predicted octanol–water partition coefficient (Wildman–Crippen LogP) is 16.3. The monoisotopic (exact) mass is 778 g/mol. The van der Waals surface area contributed by atoms with Crippen LogP contribution in [-0.4, -0.2) is 4.57 Å². The van der Waals surface area contributed by atoms with Crippen LogP contribution in [0.15, 0.2) is 235 Å². The normalized spacial score (nSPS) is 11.6. The number of aromatic nitrogens is 1. The van der Waals surface area contributed by atoms with E-state index in [0.717, 1.165) is 66.8 Å². The van der Waals surface area contributed by atoms with Crippen LogP contribution in [0.2, 0.25) is 0 Å². The summed E-state index contributed by atoms with van der Waals surface area (Å²) < 4.78 is 8.95. The molecular formula is C58H38N2O. The molecule has 0 amide bonds. The molecule has 0 spiro atoms. The van der Waals surface area contributed by atoms with Crippen LogP contribution in [0.25, 0.3) is 93.6 Å². The lowest BCUT2D eigenvalue weighted by molar-refractivity contribution is 0.673. The average Bonchev–Trinajstić information content (AvgIpc) is 3.90. The first-order chi connectivity index (χ1) is 30.3. The lowest BCUT2D eigenvalue weighted by atomic mass is 9.97. The van der Waals surface area contributed by atoms with Gasteiger partial charge in [-0.1, -0.05) is 164 Å². The van der Waals surface area contributed by atoms with Gasteiger partial charge in [0.15, 0.2) is 0 Å². The van der Waals surface area contributed by atoms with Gasteiger partial charge < -0.3 is 13.9 Å². The second kappa shape index (κ2) is 14.3. The Kier molecular flexibility index (Phi) is 8.17. The fourth-order valence-electron chi connectivity index (χ4n) is 9.35. The second-order valence-electron chi connectivity index (χ2n) is 15.7. The standard InChI is InChI=1S/C58H38N2O/c1-3-13-39(14-4-1)40-25-32-45(33-26-40)59(46-34-27-42(28-35-46)48-20-12-24-55-56(48)53-38-31-41-15-7-8-18-50(41)58(53)61-55)47-36-29-43(30-37-47)49-21-11-22-52-51-19-9-10-23-54(51)60(57(49)52)44-16-5-2-6-17-44/h1-38H. The molecule has 2 heterocycles. The first-order valence-electron chi connectivity index (χ1n) is 20.8. The Bertz CT molecular complexity index is 3550. The Morgan fingerprint density at radius 3 is 1.61 bits per heavy atom. The number of anilines is 3. The molecule has 0 saturated heterocycles. The minimum absolute atomic E-state index is 0.896. The van der Waals surface area contributed by atoms with Crippen LogP contribution in [0.1, 0.15) is 0 Å². The van der Waals surface area contributed by atoms with E-state index in [1.165, 1.54) is 43.9 Å². The van der Waals surface area contributed by atoms with Crippen molar-refractivity contribution >= 4 is 71.6 Å². The summed E-state index contributed by atoms with van der Waals surface area (Å²) in [6, 6.07) is 82.8. The molecule has 3 heteroatoms. The maximum absolute atomic E-state index is 6.55. The van der Waals surface area contributed by atoms with Crippen LogP contribution in [0, 0.1) is 0 Å². The summed E-state index contributed by atoms with van der Waals surface area (Å²) >= 11 is 0.